The number of hydrogen-bond donors (Lipinski definition) is 2. The minimum absolute atomic E-state index is 0.00207. The Bertz CT molecular complexity index is 523. The molecule has 1 aromatic heterocycles. The molecule has 0 unspecified atom stereocenters. The van der Waals surface area contributed by atoms with Crippen molar-refractivity contribution in [3.63, 3.8) is 0 Å². The van der Waals surface area contributed by atoms with Gasteiger partial charge in [-0.2, -0.15) is 0 Å². The molecule has 0 atom stereocenters. The summed E-state index contributed by atoms with van der Waals surface area (Å²) < 4.78 is 5.62. The third-order valence-corrected chi connectivity index (χ3v) is 2.45. The molecule has 2 aromatic rings. The Morgan fingerprint density at radius 1 is 1.25 bits per heavy atom. The Hall–Kier alpha value is -1.58. The maximum Gasteiger partial charge on any atom is 0.137 e. The molecule has 0 bridgehead atoms. The fourth-order valence-corrected chi connectivity index (χ4v) is 1.77. The highest BCUT2D eigenvalue weighted by atomic mass is 16.3. The van der Waals surface area contributed by atoms with Crippen LogP contribution in [0.15, 0.2) is 28.7 Å². The van der Waals surface area contributed by atoms with Crippen molar-refractivity contribution < 1.29 is 14.6 Å². The number of furan rings is 1. The van der Waals surface area contributed by atoms with Crippen LogP contribution in [0.3, 0.4) is 0 Å². The summed E-state index contributed by atoms with van der Waals surface area (Å²) in [5.41, 5.74) is 2.71. The van der Waals surface area contributed by atoms with Gasteiger partial charge in [-0.3, -0.25) is 0 Å². The van der Waals surface area contributed by atoms with Gasteiger partial charge in [0, 0.05) is 5.39 Å². The summed E-state index contributed by atoms with van der Waals surface area (Å²) in [7, 11) is 0. The van der Waals surface area contributed by atoms with Crippen LogP contribution in [0.1, 0.15) is 16.9 Å². The number of benzene rings is 1. The van der Waals surface area contributed by atoms with Crippen LogP contribution in [0.25, 0.3) is 17.0 Å². The molecule has 1 aromatic carbocycles. The Labute approximate surface area is 93.6 Å². The van der Waals surface area contributed by atoms with Crippen molar-refractivity contribution in [2.75, 3.05) is 6.61 Å². The van der Waals surface area contributed by atoms with Crippen molar-refractivity contribution in [2.24, 2.45) is 0 Å². The van der Waals surface area contributed by atoms with Crippen LogP contribution in [0.2, 0.25) is 0 Å². The van der Waals surface area contributed by atoms with E-state index in [0.29, 0.717) is 5.76 Å². The Morgan fingerprint density at radius 2 is 2.06 bits per heavy atom. The SMILES string of the molecule is Cc1cc(CO)cc2cc(/C=C/CO)oc12. The van der Waals surface area contributed by atoms with Crippen molar-refractivity contribution in [1.82, 2.24) is 0 Å². The lowest BCUT2D eigenvalue weighted by Gasteiger charge is -1.98. The molecule has 0 aliphatic carbocycles. The van der Waals surface area contributed by atoms with Gasteiger partial charge in [0.2, 0.25) is 0 Å². The zero-order valence-corrected chi connectivity index (χ0v) is 9.10. The lowest BCUT2D eigenvalue weighted by Crippen LogP contribution is -1.84. The first-order valence-corrected chi connectivity index (χ1v) is 5.16. The summed E-state index contributed by atoms with van der Waals surface area (Å²) >= 11 is 0. The van der Waals surface area contributed by atoms with Gasteiger partial charge in [0.15, 0.2) is 0 Å². The first kappa shape index (κ1) is 10.9. The van der Waals surface area contributed by atoms with Gasteiger partial charge in [-0.1, -0.05) is 12.1 Å². The molecule has 84 valence electrons. The molecular weight excluding hydrogens is 204 g/mol. The van der Waals surface area contributed by atoms with Gasteiger partial charge in [-0.25, -0.2) is 0 Å². The van der Waals surface area contributed by atoms with E-state index in [0.717, 1.165) is 22.1 Å². The number of rotatable bonds is 3. The predicted molar refractivity (Wildman–Crippen MR) is 63.0 cm³/mol. The molecule has 1 heterocycles. The average Bonchev–Trinajstić information content (AvgIpc) is 2.69. The lowest BCUT2D eigenvalue weighted by molar-refractivity contribution is 0.282. The minimum atomic E-state index is -0.00207. The molecule has 0 aliphatic rings. The Morgan fingerprint density at radius 3 is 2.75 bits per heavy atom. The van der Waals surface area contributed by atoms with Crippen LogP contribution in [0.5, 0.6) is 0 Å². The molecule has 3 nitrogen and oxygen atoms in total. The molecule has 3 heteroatoms. The summed E-state index contributed by atoms with van der Waals surface area (Å²) in [6, 6.07) is 5.71. The highest BCUT2D eigenvalue weighted by Gasteiger charge is 2.06. The van der Waals surface area contributed by atoms with E-state index in [1.54, 1.807) is 12.2 Å². The van der Waals surface area contributed by atoms with Crippen molar-refractivity contribution in [2.45, 2.75) is 13.5 Å². The van der Waals surface area contributed by atoms with E-state index in [1.165, 1.54) is 0 Å². The molecule has 0 radical (unpaired) electrons. The van der Waals surface area contributed by atoms with E-state index >= 15 is 0 Å². The minimum Gasteiger partial charge on any atom is -0.456 e. The third kappa shape index (κ3) is 2.01. The fraction of sp³-hybridized carbons (Fsp3) is 0.231. The molecule has 0 aliphatic heterocycles. The zero-order chi connectivity index (χ0) is 11.5. The molecule has 0 saturated heterocycles. The van der Waals surface area contributed by atoms with Gasteiger partial charge in [-0.05, 0) is 36.3 Å². The standard InChI is InChI=1S/C13H14O3/c1-9-5-10(8-15)6-11-7-12(3-2-4-14)16-13(9)11/h2-3,5-7,14-15H,4,8H2,1H3/b3-2+. The van der Waals surface area contributed by atoms with Gasteiger partial charge in [-0.15, -0.1) is 0 Å². The summed E-state index contributed by atoms with van der Waals surface area (Å²) in [4.78, 5) is 0. The fourth-order valence-electron chi connectivity index (χ4n) is 1.77. The molecule has 0 saturated carbocycles. The van der Waals surface area contributed by atoms with E-state index in [1.807, 2.05) is 25.1 Å². The van der Waals surface area contributed by atoms with E-state index < -0.39 is 0 Å². The molecule has 16 heavy (non-hydrogen) atoms. The number of aliphatic hydroxyl groups excluding tert-OH is 2. The van der Waals surface area contributed by atoms with Crippen molar-refractivity contribution in [3.8, 4) is 0 Å². The predicted octanol–water partition coefficient (Wildman–Crippen LogP) is 2.24. The van der Waals surface area contributed by atoms with Crippen molar-refractivity contribution in [3.05, 3.63) is 41.2 Å². The largest absolute Gasteiger partial charge is 0.456 e. The van der Waals surface area contributed by atoms with Gasteiger partial charge in [0.1, 0.15) is 11.3 Å². The number of hydrogen-bond acceptors (Lipinski definition) is 3. The van der Waals surface area contributed by atoms with E-state index in [9.17, 15) is 0 Å². The van der Waals surface area contributed by atoms with Crippen LogP contribution in [-0.2, 0) is 6.61 Å². The molecule has 2 N–H and O–H groups in total. The molecule has 0 fully saturated rings. The molecular formula is C13H14O3. The zero-order valence-electron chi connectivity index (χ0n) is 9.10. The van der Waals surface area contributed by atoms with Gasteiger partial charge >= 0.3 is 0 Å². The average molecular weight is 218 g/mol. The van der Waals surface area contributed by atoms with Crippen LogP contribution in [-0.4, -0.2) is 16.8 Å². The molecule has 0 amide bonds. The Kier molecular flexibility index (Phi) is 3.08. The second-order valence-electron chi connectivity index (χ2n) is 3.72. The summed E-state index contributed by atoms with van der Waals surface area (Å²) in [5, 5.41) is 18.7. The summed E-state index contributed by atoms with van der Waals surface area (Å²) in [6.45, 7) is 1.98. The van der Waals surface area contributed by atoms with Crippen LogP contribution >= 0.6 is 0 Å². The smallest absolute Gasteiger partial charge is 0.137 e. The second kappa shape index (κ2) is 4.51. The van der Waals surface area contributed by atoms with Gasteiger partial charge in [0.25, 0.3) is 0 Å². The third-order valence-electron chi connectivity index (χ3n) is 2.45. The molecule has 2 rings (SSSR count). The van der Waals surface area contributed by atoms with Crippen molar-refractivity contribution >= 4 is 17.0 Å². The monoisotopic (exact) mass is 218 g/mol. The maximum atomic E-state index is 9.09. The van der Waals surface area contributed by atoms with E-state index in [4.69, 9.17) is 14.6 Å². The van der Waals surface area contributed by atoms with Crippen molar-refractivity contribution in [1.29, 1.82) is 0 Å². The van der Waals surface area contributed by atoms with Gasteiger partial charge in [0.05, 0.1) is 13.2 Å². The maximum absolute atomic E-state index is 9.09. The highest BCUT2D eigenvalue weighted by molar-refractivity contribution is 5.83. The second-order valence-corrected chi connectivity index (χ2v) is 3.72. The molecule has 0 spiro atoms. The lowest BCUT2D eigenvalue weighted by atomic mass is 10.1. The highest BCUT2D eigenvalue weighted by Crippen LogP contribution is 2.25. The first-order chi connectivity index (χ1) is 7.74. The van der Waals surface area contributed by atoms with Crippen LogP contribution < -0.4 is 0 Å². The number of fused-ring (bicyclic) bond motifs is 1. The van der Waals surface area contributed by atoms with E-state index in [2.05, 4.69) is 0 Å². The number of aliphatic hydroxyl groups is 2. The topological polar surface area (TPSA) is 53.6 Å². The van der Waals surface area contributed by atoms with Crippen LogP contribution in [0, 0.1) is 6.92 Å². The summed E-state index contributed by atoms with van der Waals surface area (Å²) in [5.74, 6) is 0.710. The van der Waals surface area contributed by atoms with E-state index in [-0.39, 0.29) is 13.2 Å². The quantitative estimate of drug-likeness (QED) is 0.830. The Balaban J connectivity index is 2.52. The normalized spacial score (nSPS) is 11.7. The van der Waals surface area contributed by atoms with Gasteiger partial charge < -0.3 is 14.6 Å². The van der Waals surface area contributed by atoms with Crippen LogP contribution in [0.4, 0.5) is 0 Å². The number of aryl methyl sites for hydroxylation is 1. The summed E-state index contributed by atoms with van der Waals surface area (Å²) in [6.07, 6.45) is 3.36. The first-order valence-electron chi connectivity index (χ1n) is 5.16.